The molecule has 1 fully saturated rings. The highest BCUT2D eigenvalue weighted by molar-refractivity contribution is 5.79. The largest absolute Gasteiger partial charge is 0.418 e. The predicted octanol–water partition coefficient (Wildman–Crippen LogP) is 1.59. The number of hydrogen-bond donors (Lipinski definition) is 3. The summed E-state index contributed by atoms with van der Waals surface area (Å²) in [7, 11) is 0. The number of alkyl halides is 3. The van der Waals surface area contributed by atoms with E-state index < -0.39 is 11.7 Å². The number of anilines is 2. The van der Waals surface area contributed by atoms with Crippen molar-refractivity contribution < 1.29 is 18.0 Å². The normalized spacial score (nSPS) is 19.7. The van der Waals surface area contributed by atoms with E-state index in [1.54, 1.807) is 0 Å². The lowest BCUT2D eigenvalue weighted by Crippen LogP contribution is -2.22. The maximum atomic E-state index is 12.6. The minimum atomic E-state index is -4.48. The molecule has 1 heterocycles. The molecule has 0 spiro atoms. The highest BCUT2D eigenvalue weighted by Crippen LogP contribution is 2.35. The molecule has 0 aromatic heterocycles. The molecule has 1 aromatic rings. The van der Waals surface area contributed by atoms with Crippen LogP contribution in [0.15, 0.2) is 18.2 Å². The van der Waals surface area contributed by atoms with Gasteiger partial charge >= 0.3 is 6.18 Å². The van der Waals surface area contributed by atoms with Crippen molar-refractivity contribution in [3.05, 3.63) is 23.8 Å². The van der Waals surface area contributed by atoms with Crippen molar-refractivity contribution in [3.63, 3.8) is 0 Å². The van der Waals surface area contributed by atoms with Gasteiger partial charge in [0.25, 0.3) is 0 Å². The monoisotopic (exact) mass is 259 g/mol. The third-order valence-corrected chi connectivity index (χ3v) is 2.71. The Morgan fingerprint density at radius 1 is 1.39 bits per heavy atom. The van der Waals surface area contributed by atoms with Gasteiger partial charge in [-0.25, -0.2) is 0 Å². The molecule has 0 radical (unpaired) electrons. The molecule has 0 aliphatic carbocycles. The number of benzene rings is 1. The van der Waals surface area contributed by atoms with Crippen molar-refractivity contribution in [2.75, 3.05) is 17.6 Å². The number of nitrogens with two attached hydrogens (primary N) is 1. The van der Waals surface area contributed by atoms with Gasteiger partial charge in [-0.1, -0.05) is 0 Å². The van der Waals surface area contributed by atoms with Crippen LogP contribution in [0.1, 0.15) is 12.0 Å². The standard InChI is InChI=1S/C11H12F3N3O/c12-11(13,14)8-3-6(1-2-9(8)15)17-7-4-10(18)16-5-7/h1-3,7,17H,4-5,15H2,(H,16,18). The smallest absolute Gasteiger partial charge is 0.398 e. The number of nitrogen functional groups attached to an aromatic ring is 1. The van der Waals surface area contributed by atoms with Gasteiger partial charge in [0.2, 0.25) is 5.91 Å². The van der Waals surface area contributed by atoms with Gasteiger partial charge in [0.15, 0.2) is 0 Å². The summed E-state index contributed by atoms with van der Waals surface area (Å²) in [6.07, 6.45) is -4.22. The molecule has 1 aliphatic heterocycles. The maximum Gasteiger partial charge on any atom is 0.418 e. The van der Waals surface area contributed by atoms with Crippen LogP contribution < -0.4 is 16.4 Å². The van der Waals surface area contributed by atoms with Crippen molar-refractivity contribution in [3.8, 4) is 0 Å². The van der Waals surface area contributed by atoms with Crippen molar-refractivity contribution in [1.82, 2.24) is 5.32 Å². The number of halogens is 3. The van der Waals surface area contributed by atoms with E-state index in [-0.39, 0.29) is 24.1 Å². The molecular formula is C11H12F3N3O. The van der Waals surface area contributed by atoms with Gasteiger partial charge in [0.1, 0.15) is 0 Å². The van der Waals surface area contributed by atoms with E-state index in [1.807, 2.05) is 0 Å². The number of carbonyl (C=O) groups excluding carboxylic acids is 1. The number of rotatable bonds is 2. The first-order valence-electron chi connectivity index (χ1n) is 5.36. The molecule has 1 amide bonds. The Hall–Kier alpha value is -1.92. The van der Waals surface area contributed by atoms with Gasteiger partial charge in [-0.05, 0) is 18.2 Å². The van der Waals surface area contributed by atoms with Crippen molar-refractivity contribution >= 4 is 17.3 Å². The predicted molar refractivity (Wildman–Crippen MR) is 60.9 cm³/mol. The van der Waals surface area contributed by atoms with E-state index in [9.17, 15) is 18.0 Å². The maximum absolute atomic E-state index is 12.6. The number of nitrogens with one attached hydrogen (secondary N) is 2. The van der Waals surface area contributed by atoms with Crippen molar-refractivity contribution in [1.29, 1.82) is 0 Å². The van der Waals surface area contributed by atoms with Crippen molar-refractivity contribution in [2.45, 2.75) is 18.6 Å². The second-order valence-corrected chi connectivity index (χ2v) is 4.15. The Morgan fingerprint density at radius 2 is 2.11 bits per heavy atom. The molecule has 4 N–H and O–H groups in total. The van der Waals surface area contributed by atoms with E-state index in [4.69, 9.17) is 5.73 Å². The summed E-state index contributed by atoms with van der Waals surface area (Å²) in [6, 6.07) is 3.43. The summed E-state index contributed by atoms with van der Waals surface area (Å²) in [5, 5.41) is 5.47. The zero-order valence-corrected chi connectivity index (χ0v) is 9.34. The topological polar surface area (TPSA) is 67.2 Å². The van der Waals surface area contributed by atoms with Gasteiger partial charge < -0.3 is 16.4 Å². The van der Waals surface area contributed by atoms with Gasteiger partial charge in [0.05, 0.1) is 11.6 Å². The fraction of sp³-hybridized carbons (Fsp3) is 0.364. The SMILES string of the molecule is Nc1ccc(NC2CNC(=O)C2)cc1C(F)(F)F. The van der Waals surface area contributed by atoms with E-state index in [2.05, 4.69) is 10.6 Å². The molecule has 1 aliphatic rings. The lowest BCUT2D eigenvalue weighted by atomic mass is 10.1. The molecule has 18 heavy (non-hydrogen) atoms. The first kappa shape index (κ1) is 12.5. The Balaban J connectivity index is 2.17. The third kappa shape index (κ3) is 2.66. The average Bonchev–Trinajstić information content (AvgIpc) is 2.65. The summed E-state index contributed by atoms with van der Waals surface area (Å²) in [6.45, 7) is 0.407. The molecule has 0 saturated carbocycles. The highest BCUT2D eigenvalue weighted by Gasteiger charge is 2.33. The quantitative estimate of drug-likeness (QED) is 0.706. The summed E-state index contributed by atoms with van der Waals surface area (Å²) < 4.78 is 37.9. The van der Waals surface area contributed by atoms with Gasteiger partial charge in [0, 0.05) is 24.3 Å². The van der Waals surface area contributed by atoms with Crippen molar-refractivity contribution in [2.24, 2.45) is 0 Å². The summed E-state index contributed by atoms with van der Waals surface area (Å²) in [4.78, 5) is 11.0. The van der Waals surface area contributed by atoms with Crippen LogP contribution in [0.3, 0.4) is 0 Å². The van der Waals surface area contributed by atoms with Gasteiger partial charge in [-0.15, -0.1) is 0 Å². The molecule has 1 saturated heterocycles. The zero-order chi connectivity index (χ0) is 13.3. The van der Waals surface area contributed by atoms with Gasteiger partial charge in [-0.2, -0.15) is 13.2 Å². The minimum Gasteiger partial charge on any atom is -0.398 e. The molecular weight excluding hydrogens is 247 g/mol. The van der Waals surface area contributed by atoms with Crippen LogP contribution in [0, 0.1) is 0 Å². The molecule has 1 atom stereocenters. The number of hydrogen-bond acceptors (Lipinski definition) is 3. The van der Waals surface area contributed by atoms with E-state index in [1.165, 1.54) is 12.1 Å². The highest BCUT2D eigenvalue weighted by atomic mass is 19.4. The van der Waals surface area contributed by atoms with Crippen LogP contribution in [0.2, 0.25) is 0 Å². The number of carbonyl (C=O) groups is 1. The van der Waals surface area contributed by atoms with E-state index >= 15 is 0 Å². The third-order valence-electron chi connectivity index (χ3n) is 2.71. The molecule has 7 heteroatoms. The second-order valence-electron chi connectivity index (χ2n) is 4.15. The Labute approximate surface area is 101 Å². The van der Waals surface area contributed by atoms with E-state index in [0.29, 0.717) is 12.2 Å². The van der Waals surface area contributed by atoms with Crippen LogP contribution >= 0.6 is 0 Å². The summed E-state index contributed by atoms with van der Waals surface area (Å²) in [5.41, 5.74) is 4.41. The van der Waals surface area contributed by atoms with E-state index in [0.717, 1.165) is 6.07 Å². The Kier molecular flexibility index (Phi) is 3.06. The minimum absolute atomic E-state index is 0.112. The summed E-state index contributed by atoms with van der Waals surface area (Å²) in [5.74, 6) is -0.112. The summed E-state index contributed by atoms with van der Waals surface area (Å²) >= 11 is 0. The lowest BCUT2D eigenvalue weighted by Gasteiger charge is -2.15. The molecule has 2 rings (SSSR count). The molecule has 1 unspecified atom stereocenters. The first-order valence-corrected chi connectivity index (χ1v) is 5.36. The molecule has 98 valence electrons. The number of amides is 1. The van der Waals surface area contributed by atoms with Crippen LogP contribution in [0.25, 0.3) is 0 Å². The molecule has 0 bridgehead atoms. The Morgan fingerprint density at radius 3 is 2.67 bits per heavy atom. The average molecular weight is 259 g/mol. The van der Waals surface area contributed by atoms with Crippen LogP contribution in [-0.2, 0) is 11.0 Å². The Bertz CT molecular complexity index is 473. The van der Waals surface area contributed by atoms with Gasteiger partial charge in [-0.3, -0.25) is 4.79 Å². The molecule has 1 aromatic carbocycles. The first-order chi connectivity index (χ1) is 8.36. The second kappa shape index (κ2) is 4.40. The van der Waals surface area contributed by atoms with Crippen LogP contribution in [-0.4, -0.2) is 18.5 Å². The molecule has 4 nitrogen and oxygen atoms in total. The van der Waals surface area contributed by atoms with Crippen LogP contribution in [0.5, 0.6) is 0 Å². The van der Waals surface area contributed by atoms with Crippen LogP contribution in [0.4, 0.5) is 24.5 Å². The lowest BCUT2D eigenvalue weighted by molar-refractivity contribution is -0.136. The zero-order valence-electron chi connectivity index (χ0n) is 9.34. The fourth-order valence-electron chi connectivity index (χ4n) is 1.83. The fourth-order valence-corrected chi connectivity index (χ4v) is 1.83.